The minimum absolute atomic E-state index is 1.02. The molecule has 0 aliphatic carbocycles. The van der Waals surface area contributed by atoms with E-state index in [4.69, 9.17) is 4.98 Å². The van der Waals surface area contributed by atoms with Crippen LogP contribution < -0.4 is 0 Å². The molecule has 0 radical (unpaired) electrons. The van der Waals surface area contributed by atoms with E-state index >= 15 is 0 Å². The van der Waals surface area contributed by atoms with Crippen molar-refractivity contribution >= 4 is 21.8 Å². The van der Waals surface area contributed by atoms with E-state index in [0.717, 1.165) is 22.3 Å². The van der Waals surface area contributed by atoms with E-state index in [-0.39, 0.29) is 0 Å². The summed E-state index contributed by atoms with van der Waals surface area (Å²) < 4.78 is 0. The van der Waals surface area contributed by atoms with Crippen molar-refractivity contribution < 1.29 is 0 Å². The number of benzene rings is 2. The second kappa shape index (κ2) is 8.14. The Morgan fingerprint density at radius 2 is 1.52 bits per heavy atom. The molecule has 0 saturated heterocycles. The standard InChI is InChI=1S/C17H12N2.2C2H6/c1-2-4-16-12(3-1)5-8-17(19-16)13-6-7-15-14(11-13)9-10-18-15;2*1-2/h1-11,18H;2*1-2H3. The summed E-state index contributed by atoms with van der Waals surface area (Å²) in [6, 6.07) is 20.9. The van der Waals surface area contributed by atoms with E-state index in [2.05, 4.69) is 47.4 Å². The second-order valence-electron chi connectivity index (χ2n) is 4.67. The maximum atomic E-state index is 4.73. The van der Waals surface area contributed by atoms with Crippen LogP contribution in [0.2, 0.25) is 0 Å². The maximum Gasteiger partial charge on any atom is 0.0709 e. The van der Waals surface area contributed by atoms with E-state index in [0.29, 0.717) is 0 Å². The third-order valence-electron chi connectivity index (χ3n) is 3.45. The number of nitrogens with one attached hydrogen (secondary N) is 1. The fourth-order valence-electron chi connectivity index (χ4n) is 2.44. The Labute approximate surface area is 138 Å². The number of hydrogen-bond acceptors (Lipinski definition) is 1. The highest BCUT2D eigenvalue weighted by atomic mass is 14.7. The van der Waals surface area contributed by atoms with Crippen LogP contribution in [0.15, 0.2) is 66.9 Å². The summed E-state index contributed by atoms with van der Waals surface area (Å²) in [6.07, 6.45) is 1.96. The molecular formula is C21H24N2. The molecule has 0 saturated carbocycles. The maximum absolute atomic E-state index is 4.73. The van der Waals surface area contributed by atoms with Crippen molar-refractivity contribution in [3.8, 4) is 11.3 Å². The molecule has 1 N–H and O–H groups in total. The second-order valence-corrected chi connectivity index (χ2v) is 4.67. The van der Waals surface area contributed by atoms with Crippen molar-refractivity contribution in [1.29, 1.82) is 0 Å². The van der Waals surface area contributed by atoms with Crippen LogP contribution in [0.4, 0.5) is 0 Å². The van der Waals surface area contributed by atoms with Gasteiger partial charge in [-0.3, -0.25) is 0 Å². The molecule has 0 amide bonds. The lowest BCUT2D eigenvalue weighted by Gasteiger charge is -2.03. The first-order valence-electron chi connectivity index (χ1n) is 8.33. The highest BCUT2D eigenvalue weighted by Crippen LogP contribution is 2.24. The van der Waals surface area contributed by atoms with E-state index in [1.54, 1.807) is 0 Å². The van der Waals surface area contributed by atoms with Gasteiger partial charge in [-0.2, -0.15) is 0 Å². The smallest absolute Gasteiger partial charge is 0.0709 e. The highest BCUT2D eigenvalue weighted by molar-refractivity contribution is 5.86. The van der Waals surface area contributed by atoms with Gasteiger partial charge in [0.25, 0.3) is 0 Å². The van der Waals surface area contributed by atoms with Gasteiger partial charge in [-0.05, 0) is 30.3 Å². The molecule has 118 valence electrons. The van der Waals surface area contributed by atoms with Crippen molar-refractivity contribution in [1.82, 2.24) is 9.97 Å². The monoisotopic (exact) mass is 304 g/mol. The molecule has 2 aromatic heterocycles. The average molecular weight is 304 g/mol. The van der Waals surface area contributed by atoms with Crippen LogP contribution in [0.1, 0.15) is 27.7 Å². The summed E-state index contributed by atoms with van der Waals surface area (Å²) in [4.78, 5) is 7.93. The first-order chi connectivity index (χ1) is 11.4. The van der Waals surface area contributed by atoms with Gasteiger partial charge < -0.3 is 4.98 Å². The Hall–Kier alpha value is -2.61. The summed E-state index contributed by atoms with van der Waals surface area (Å²) in [5, 5.41) is 2.39. The summed E-state index contributed by atoms with van der Waals surface area (Å²) in [7, 11) is 0. The molecule has 0 bridgehead atoms. The van der Waals surface area contributed by atoms with Gasteiger partial charge in [-0.1, -0.05) is 58.0 Å². The number of nitrogens with zero attached hydrogens (tertiary/aromatic N) is 1. The molecule has 4 aromatic rings. The third-order valence-corrected chi connectivity index (χ3v) is 3.45. The minimum Gasteiger partial charge on any atom is -0.361 e. The fraction of sp³-hybridized carbons (Fsp3) is 0.190. The van der Waals surface area contributed by atoms with Gasteiger partial charge >= 0.3 is 0 Å². The molecule has 0 spiro atoms. The van der Waals surface area contributed by atoms with Gasteiger partial charge in [0, 0.05) is 28.0 Å². The van der Waals surface area contributed by atoms with E-state index in [1.807, 2.05) is 52.1 Å². The van der Waals surface area contributed by atoms with Crippen LogP contribution in [-0.2, 0) is 0 Å². The molecule has 0 atom stereocenters. The predicted octanol–water partition coefficient (Wildman–Crippen LogP) is 6.44. The zero-order valence-electron chi connectivity index (χ0n) is 14.3. The quantitative estimate of drug-likeness (QED) is 0.431. The molecule has 2 heteroatoms. The summed E-state index contributed by atoms with van der Waals surface area (Å²) in [6.45, 7) is 8.00. The summed E-state index contributed by atoms with van der Waals surface area (Å²) in [5.74, 6) is 0. The normalized spacial score (nSPS) is 9.74. The Morgan fingerprint density at radius 3 is 2.35 bits per heavy atom. The molecule has 2 nitrogen and oxygen atoms in total. The number of aromatic amines is 1. The summed E-state index contributed by atoms with van der Waals surface area (Å²) >= 11 is 0. The van der Waals surface area contributed by atoms with Gasteiger partial charge in [-0.25, -0.2) is 4.98 Å². The Morgan fingerprint density at radius 1 is 0.739 bits per heavy atom. The van der Waals surface area contributed by atoms with Crippen LogP contribution in [0, 0.1) is 0 Å². The number of hydrogen-bond donors (Lipinski definition) is 1. The molecule has 23 heavy (non-hydrogen) atoms. The van der Waals surface area contributed by atoms with Gasteiger partial charge in [0.15, 0.2) is 0 Å². The van der Waals surface area contributed by atoms with Gasteiger partial charge in [0.05, 0.1) is 11.2 Å². The van der Waals surface area contributed by atoms with Crippen LogP contribution in [0.25, 0.3) is 33.1 Å². The van der Waals surface area contributed by atoms with Crippen molar-refractivity contribution in [3.05, 3.63) is 66.9 Å². The van der Waals surface area contributed by atoms with Crippen molar-refractivity contribution in [2.24, 2.45) is 0 Å². The molecule has 0 aliphatic rings. The van der Waals surface area contributed by atoms with E-state index in [1.165, 1.54) is 10.8 Å². The van der Waals surface area contributed by atoms with Gasteiger partial charge in [-0.15, -0.1) is 0 Å². The zero-order valence-corrected chi connectivity index (χ0v) is 14.3. The van der Waals surface area contributed by atoms with Crippen LogP contribution >= 0.6 is 0 Å². The zero-order chi connectivity index (χ0) is 16.7. The first kappa shape index (κ1) is 16.8. The molecular weight excluding hydrogens is 280 g/mol. The van der Waals surface area contributed by atoms with Gasteiger partial charge in [0.2, 0.25) is 0 Å². The van der Waals surface area contributed by atoms with Crippen molar-refractivity contribution in [2.45, 2.75) is 27.7 Å². The van der Waals surface area contributed by atoms with Crippen LogP contribution in [-0.4, -0.2) is 9.97 Å². The molecule has 0 fully saturated rings. The van der Waals surface area contributed by atoms with Crippen LogP contribution in [0.3, 0.4) is 0 Å². The molecule has 2 aromatic carbocycles. The number of para-hydroxylation sites is 1. The van der Waals surface area contributed by atoms with Crippen molar-refractivity contribution in [2.75, 3.05) is 0 Å². The average Bonchev–Trinajstić information content (AvgIpc) is 3.12. The largest absolute Gasteiger partial charge is 0.361 e. The van der Waals surface area contributed by atoms with E-state index in [9.17, 15) is 0 Å². The van der Waals surface area contributed by atoms with Crippen LogP contribution in [0.5, 0.6) is 0 Å². The van der Waals surface area contributed by atoms with Gasteiger partial charge in [0.1, 0.15) is 0 Å². The molecule has 0 aliphatic heterocycles. The lowest BCUT2D eigenvalue weighted by molar-refractivity contribution is 1.40. The number of H-pyrrole nitrogens is 1. The first-order valence-corrected chi connectivity index (χ1v) is 8.33. The Bertz CT molecular complexity index is 875. The van der Waals surface area contributed by atoms with Crippen molar-refractivity contribution in [3.63, 3.8) is 0 Å². The summed E-state index contributed by atoms with van der Waals surface area (Å²) in [5.41, 5.74) is 4.36. The third kappa shape index (κ3) is 3.59. The minimum atomic E-state index is 1.02. The fourth-order valence-corrected chi connectivity index (χ4v) is 2.44. The molecule has 2 heterocycles. The highest BCUT2D eigenvalue weighted by Gasteiger charge is 2.03. The Balaban J connectivity index is 0.000000448. The predicted molar refractivity (Wildman–Crippen MR) is 102 cm³/mol. The number of aromatic nitrogens is 2. The number of pyridine rings is 1. The number of rotatable bonds is 1. The van der Waals surface area contributed by atoms with E-state index < -0.39 is 0 Å². The lowest BCUT2D eigenvalue weighted by atomic mass is 10.1. The molecule has 4 rings (SSSR count). The molecule has 0 unspecified atom stereocenters. The SMILES string of the molecule is CC.CC.c1ccc2nc(-c3ccc4[nH]ccc4c3)ccc2c1. The Kier molecular flexibility index (Phi) is 5.93. The topological polar surface area (TPSA) is 28.7 Å². The number of fused-ring (bicyclic) bond motifs is 2. The lowest BCUT2D eigenvalue weighted by Crippen LogP contribution is -1.84.